The summed E-state index contributed by atoms with van der Waals surface area (Å²) in [7, 11) is 0. The van der Waals surface area contributed by atoms with Crippen molar-refractivity contribution in [2.75, 3.05) is 0 Å². The van der Waals surface area contributed by atoms with Gasteiger partial charge in [-0.3, -0.25) is 9.59 Å². The van der Waals surface area contributed by atoms with Gasteiger partial charge < -0.3 is 20.1 Å². The smallest absolute Gasteiger partial charge is 0.303 e. The highest BCUT2D eigenvalue weighted by Crippen LogP contribution is 2.30. The van der Waals surface area contributed by atoms with Gasteiger partial charge in [-0.05, 0) is 61.9 Å². The highest BCUT2D eigenvalue weighted by Gasteiger charge is 2.21. The van der Waals surface area contributed by atoms with Crippen molar-refractivity contribution in [2.45, 2.75) is 65.5 Å². The molecule has 1 aromatic heterocycles. The molecule has 2 aromatic carbocycles. The van der Waals surface area contributed by atoms with Gasteiger partial charge in [0.25, 0.3) is 0 Å². The summed E-state index contributed by atoms with van der Waals surface area (Å²) < 4.78 is 6.00. The number of aliphatic carboxylic acids is 1. The number of ether oxygens (including phenoxy) is 1. The first-order valence-electron chi connectivity index (χ1n) is 11.6. The van der Waals surface area contributed by atoms with Crippen LogP contribution in [-0.4, -0.2) is 28.1 Å². The summed E-state index contributed by atoms with van der Waals surface area (Å²) in [5, 5.41) is 13.2. The number of para-hydroxylation sites is 1. The maximum atomic E-state index is 13.0. The van der Waals surface area contributed by atoms with E-state index in [4.69, 9.17) is 9.84 Å². The van der Waals surface area contributed by atoms with Gasteiger partial charge in [-0.15, -0.1) is 0 Å². The number of carboxylic acids is 1. The lowest BCUT2D eigenvalue weighted by atomic mass is 9.95. The molecule has 0 aliphatic rings. The number of carbonyl (C=O) groups excluding carboxylic acids is 1. The molecule has 6 heteroatoms. The molecule has 3 aromatic rings. The Morgan fingerprint density at radius 2 is 1.85 bits per heavy atom. The average molecular weight is 451 g/mol. The molecule has 1 heterocycles. The van der Waals surface area contributed by atoms with Crippen LogP contribution >= 0.6 is 0 Å². The fraction of sp³-hybridized carbons (Fsp3) is 0.407. The Balaban J connectivity index is 1.77. The van der Waals surface area contributed by atoms with Crippen molar-refractivity contribution in [3.05, 3.63) is 65.4 Å². The maximum absolute atomic E-state index is 13.0. The Kier molecular flexibility index (Phi) is 8.15. The summed E-state index contributed by atoms with van der Waals surface area (Å²) in [6.45, 7) is 8.27. The Morgan fingerprint density at radius 3 is 2.55 bits per heavy atom. The normalized spacial score (nSPS) is 12.3. The van der Waals surface area contributed by atoms with E-state index in [-0.39, 0.29) is 30.9 Å². The monoisotopic (exact) mass is 450 g/mol. The zero-order valence-electron chi connectivity index (χ0n) is 19.9. The highest BCUT2D eigenvalue weighted by atomic mass is 16.5. The minimum Gasteiger partial charge on any atom is -0.491 e. The van der Waals surface area contributed by atoms with Crippen LogP contribution in [0, 0.1) is 5.92 Å². The summed E-state index contributed by atoms with van der Waals surface area (Å²) in [4.78, 5) is 27.2. The van der Waals surface area contributed by atoms with Crippen molar-refractivity contribution in [1.82, 2.24) is 10.3 Å². The number of aromatic amines is 1. The SMILES string of the molecule is CC(C)CC(NC(=O)Cc1ccc2[nH]cc(CCC(=O)O)c2c1)c1ccccc1OC(C)C. The third-order valence-corrected chi connectivity index (χ3v) is 5.50. The van der Waals surface area contributed by atoms with Gasteiger partial charge in [0.05, 0.1) is 18.6 Å². The lowest BCUT2D eigenvalue weighted by Gasteiger charge is -2.24. The minimum absolute atomic E-state index is 0.0463. The lowest BCUT2D eigenvalue weighted by molar-refractivity contribution is -0.137. The second-order valence-electron chi connectivity index (χ2n) is 9.22. The maximum Gasteiger partial charge on any atom is 0.303 e. The molecule has 33 heavy (non-hydrogen) atoms. The topological polar surface area (TPSA) is 91.4 Å². The first-order chi connectivity index (χ1) is 15.7. The van der Waals surface area contributed by atoms with Crippen molar-refractivity contribution in [3.63, 3.8) is 0 Å². The predicted molar refractivity (Wildman–Crippen MR) is 131 cm³/mol. The van der Waals surface area contributed by atoms with Gasteiger partial charge in [0, 0.05) is 29.1 Å². The molecule has 6 nitrogen and oxygen atoms in total. The van der Waals surface area contributed by atoms with E-state index in [1.54, 1.807) is 0 Å². The summed E-state index contributed by atoms with van der Waals surface area (Å²) in [6, 6.07) is 13.6. The van der Waals surface area contributed by atoms with Crippen molar-refractivity contribution in [2.24, 2.45) is 5.92 Å². The summed E-state index contributed by atoms with van der Waals surface area (Å²) in [6.07, 6.45) is 3.48. The third kappa shape index (κ3) is 6.85. The fourth-order valence-electron chi connectivity index (χ4n) is 4.08. The molecule has 0 bridgehead atoms. The Morgan fingerprint density at radius 1 is 1.09 bits per heavy atom. The number of rotatable bonds is 11. The Bertz CT molecular complexity index is 1100. The van der Waals surface area contributed by atoms with E-state index < -0.39 is 5.97 Å². The molecule has 3 rings (SSSR count). The van der Waals surface area contributed by atoms with Gasteiger partial charge in [-0.25, -0.2) is 0 Å². The standard InChI is InChI=1S/C27H34N2O4/c1-17(2)13-24(21-7-5-6-8-25(21)33-18(3)4)29-26(30)15-19-9-11-23-22(14-19)20(16-28-23)10-12-27(31)32/h5-9,11,14,16-18,24,28H,10,12-13,15H2,1-4H3,(H,29,30)(H,31,32). The average Bonchev–Trinajstić information content (AvgIpc) is 3.13. The molecular weight excluding hydrogens is 416 g/mol. The zero-order valence-corrected chi connectivity index (χ0v) is 19.9. The van der Waals surface area contributed by atoms with Gasteiger partial charge in [0.2, 0.25) is 5.91 Å². The summed E-state index contributed by atoms with van der Waals surface area (Å²) in [5.41, 5.74) is 3.78. The molecule has 1 atom stereocenters. The van der Waals surface area contributed by atoms with Crippen LogP contribution in [0.15, 0.2) is 48.7 Å². The molecule has 1 unspecified atom stereocenters. The number of amides is 1. The first-order valence-corrected chi connectivity index (χ1v) is 11.6. The van der Waals surface area contributed by atoms with Crippen molar-refractivity contribution < 1.29 is 19.4 Å². The van der Waals surface area contributed by atoms with Crippen LogP contribution in [0.25, 0.3) is 10.9 Å². The second kappa shape index (κ2) is 11.0. The highest BCUT2D eigenvalue weighted by molar-refractivity contribution is 5.86. The van der Waals surface area contributed by atoms with Crippen LogP contribution in [0.1, 0.15) is 63.3 Å². The largest absolute Gasteiger partial charge is 0.491 e. The third-order valence-electron chi connectivity index (χ3n) is 5.50. The number of hydrogen-bond donors (Lipinski definition) is 3. The number of aryl methyl sites for hydroxylation is 1. The van der Waals surface area contributed by atoms with E-state index >= 15 is 0 Å². The van der Waals surface area contributed by atoms with Gasteiger partial charge in [-0.1, -0.05) is 38.1 Å². The number of H-pyrrole nitrogens is 1. The first kappa shape index (κ1) is 24.4. The van der Waals surface area contributed by atoms with Gasteiger partial charge in [0.15, 0.2) is 0 Å². The number of carboxylic acid groups (broad SMARTS) is 1. The van der Waals surface area contributed by atoms with Gasteiger partial charge in [0.1, 0.15) is 5.75 Å². The van der Waals surface area contributed by atoms with Crippen LogP contribution in [-0.2, 0) is 22.4 Å². The molecule has 0 aliphatic heterocycles. The lowest BCUT2D eigenvalue weighted by Crippen LogP contribution is -2.31. The number of aromatic nitrogens is 1. The van der Waals surface area contributed by atoms with Crippen LogP contribution in [0.5, 0.6) is 5.75 Å². The molecule has 0 saturated carbocycles. The summed E-state index contributed by atoms with van der Waals surface area (Å²) in [5.74, 6) is 0.324. The number of hydrogen-bond acceptors (Lipinski definition) is 3. The number of carbonyl (C=O) groups is 2. The van der Waals surface area contributed by atoms with Crippen LogP contribution in [0.2, 0.25) is 0 Å². The van der Waals surface area contributed by atoms with Crippen LogP contribution in [0.4, 0.5) is 0 Å². The Labute approximate surface area is 195 Å². The molecule has 0 saturated heterocycles. The van der Waals surface area contributed by atoms with E-state index in [2.05, 4.69) is 24.1 Å². The fourth-order valence-corrected chi connectivity index (χ4v) is 4.08. The van der Waals surface area contributed by atoms with E-state index in [0.717, 1.165) is 39.8 Å². The minimum atomic E-state index is -0.821. The Hall–Kier alpha value is -3.28. The van der Waals surface area contributed by atoms with E-state index in [1.165, 1.54) is 0 Å². The molecule has 0 aliphatic carbocycles. The van der Waals surface area contributed by atoms with Crippen molar-refractivity contribution >= 4 is 22.8 Å². The molecule has 176 valence electrons. The van der Waals surface area contributed by atoms with Gasteiger partial charge in [-0.2, -0.15) is 0 Å². The molecule has 0 spiro atoms. The van der Waals surface area contributed by atoms with Crippen molar-refractivity contribution in [1.29, 1.82) is 0 Å². The molecule has 1 amide bonds. The van der Waals surface area contributed by atoms with E-state index in [1.807, 2.05) is 62.5 Å². The van der Waals surface area contributed by atoms with Crippen molar-refractivity contribution in [3.8, 4) is 5.75 Å². The van der Waals surface area contributed by atoms with E-state index in [9.17, 15) is 9.59 Å². The number of nitrogens with one attached hydrogen (secondary N) is 2. The van der Waals surface area contributed by atoms with Gasteiger partial charge >= 0.3 is 5.97 Å². The zero-order chi connectivity index (χ0) is 24.0. The molecule has 0 fully saturated rings. The van der Waals surface area contributed by atoms with Crippen LogP contribution < -0.4 is 10.1 Å². The van der Waals surface area contributed by atoms with Crippen LogP contribution in [0.3, 0.4) is 0 Å². The molecule has 0 radical (unpaired) electrons. The summed E-state index contributed by atoms with van der Waals surface area (Å²) >= 11 is 0. The number of fused-ring (bicyclic) bond motifs is 1. The molecular formula is C27H34N2O4. The second-order valence-corrected chi connectivity index (χ2v) is 9.22. The quantitative estimate of drug-likeness (QED) is 0.364. The van der Waals surface area contributed by atoms with E-state index in [0.29, 0.717) is 12.3 Å². The molecule has 3 N–H and O–H groups in total. The number of benzene rings is 2. The predicted octanol–water partition coefficient (Wildman–Crippen LogP) is 5.42.